The van der Waals surface area contributed by atoms with E-state index in [9.17, 15) is 0 Å². The number of benzene rings is 1. The molecule has 8 heteroatoms. The molecular formula is C15H13ClN6O. The quantitative estimate of drug-likeness (QED) is 0.774. The largest absolute Gasteiger partial charge is 0.373 e. The lowest BCUT2D eigenvalue weighted by Gasteiger charge is -2.08. The molecule has 0 unspecified atom stereocenters. The van der Waals surface area contributed by atoms with E-state index in [1.165, 1.54) is 6.33 Å². The number of ether oxygens (including phenoxy) is 1. The van der Waals surface area contributed by atoms with Gasteiger partial charge in [0.15, 0.2) is 0 Å². The van der Waals surface area contributed by atoms with Gasteiger partial charge in [-0.3, -0.25) is 0 Å². The molecule has 23 heavy (non-hydrogen) atoms. The average Bonchev–Trinajstić information content (AvgIpc) is 3.24. The Kier molecular flexibility index (Phi) is 3.72. The number of hydrogen-bond acceptors (Lipinski definition) is 6. The maximum atomic E-state index is 6.36. The maximum Gasteiger partial charge on any atom is 0.223 e. The Bertz CT molecular complexity index is 819. The highest BCUT2D eigenvalue weighted by atomic mass is 35.5. The van der Waals surface area contributed by atoms with Gasteiger partial charge in [0.05, 0.1) is 18.4 Å². The van der Waals surface area contributed by atoms with E-state index >= 15 is 0 Å². The molecule has 7 nitrogen and oxygen atoms in total. The van der Waals surface area contributed by atoms with Crippen LogP contribution in [0, 0.1) is 0 Å². The zero-order valence-electron chi connectivity index (χ0n) is 12.1. The number of rotatable bonds is 5. The van der Waals surface area contributed by atoms with E-state index in [1.54, 1.807) is 6.07 Å². The van der Waals surface area contributed by atoms with Gasteiger partial charge in [-0.2, -0.15) is 5.21 Å². The van der Waals surface area contributed by atoms with Crippen LogP contribution in [-0.4, -0.2) is 36.7 Å². The Morgan fingerprint density at radius 1 is 1.17 bits per heavy atom. The average molecular weight is 329 g/mol. The van der Waals surface area contributed by atoms with Crippen LogP contribution in [0.4, 0.5) is 0 Å². The van der Waals surface area contributed by atoms with E-state index in [0.717, 1.165) is 29.7 Å². The summed E-state index contributed by atoms with van der Waals surface area (Å²) < 4.78 is 5.70. The summed E-state index contributed by atoms with van der Waals surface area (Å²) in [5, 5.41) is 14.4. The smallest absolute Gasteiger partial charge is 0.223 e. The minimum absolute atomic E-state index is 0.408. The number of halogens is 1. The van der Waals surface area contributed by atoms with Gasteiger partial charge < -0.3 is 4.74 Å². The molecule has 1 aromatic carbocycles. The van der Waals surface area contributed by atoms with Crippen molar-refractivity contribution < 1.29 is 4.74 Å². The van der Waals surface area contributed by atoms with Crippen LogP contribution in [0.1, 0.15) is 18.4 Å². The first-order chi connectivity index (χ1) is 11.3. The van der Waals surface area contributed by atoms with Crippen molar-refractivity contribution >= 4 is 11.6 Å². The van der Waals surface area contributed by atoms with Crippen molar-refractivity contribution in [3.8, 4) is 22.8 Å². The highest BCUT2D eigenvalue weighted by Gasteiger charge is 2.22. The molecule has 0 radical (unpaired) electrons. The molecule has 0 aliphatic heterocycles. The second-order valence-electron chi connectivity index (χ2n) is 5.34. The SMILES string of the molecule is Clc1cc(-c2cc(-c3nn[nH]n3)ncn2)ccc1COC1CC1. The van der Waals surface area contributed by atoms with Gasteiger partial charge in [0.1, 0.15) is 12.0 Å². The van der Waals surface area contributed by atoms with Crippen LogP contribution in [0.3, 0.4) is 0 Å². The van der Waals surface area contributed by atoms with Gasteiger partial charge in [-0.1, -0.05) is 23.7 Å². The first-order valence-electron chi connectivity index (χ1n) is 7.26. The fourth-order valence-electron chi connectivity index (χ4n) is 2.17. The Morgan fingerprint density at radius 2 is 2.04 bits per heavy atom. The molecule has 1 fully saturated rings. The molecule has 1 saturated carbocycles. The zero-order valence-corrected chi connectivity index (χ0v) is 12.9. The lowest BCUT2D eigenvalue weighted by atomic mass is 10.1. The number of tetrazole rings is 1. The lowest BCUT2D eigenvalue weighted by Crippen LogP contribution is -1.96. The predicted molar refractivity (Wildman–Crippen MR) is 83.5 cm³/mol. The van der Waals surface area contributed by atoms with Gasteiger partial charge in [0, 0.05) is 10.6 Å². The summed E-state index contributed by atoms with van der Waals surface area (Å²) in [6.45, 7) is 0.543. The van der Waals surface area contributed by atoms with Gasteiger partial charge in [-0.05, 0) is 35.8 Å². The highest BCUT2D eigenvalue weighted by molar-refractivity contribution is 6.31. The summed E-state index contributed by atoms with van der Waals surface area (Å²) in [6.07, 6.45) is 4.18. The van der Waals surface area contributed by atoms with Crippen molar-refractivity contribution in [3.05, 3.63) is 41.2 Å². The van der Waals surface area contributed by atoms with Gasteiger partial charge in [-0.25, -0.2) is 9.97 Å². The Morgan fingerprint density at radius 3 is 2.78 bits per heavy atom. The summed E-state index contributed by atoms with van der Waals surface area (Å²) >= 11 is 6.36. The number of aromatic amines is 1. The lowest BCUT2D eigenvalue weighted by molar-refractivity contribution is 0.106. The third kappa shape index (κ3) is 3.20. The molecular weight excluding hydrogens is 316 g/mol. The van der Waals surface area contributed by atoms with E-state index in [-0.39, 0.29) is 0 Å². The highest BCUT2D eigenvalue weighted by Crippen LogP contribution is 2.29. The second kappa shape index (κ2) is 6.02. The third-order valence-electron chi connectivity index (χ3n) is 3.59. The van der Waals surface area contributed by atoms with Crippen LogP contribution in [0.2, 0.25) is 5.02 Å². The maximum absolute atomic E-state index is 6.36. The summed E-state index contributed by atoms with van der Waals surface area (Å²) in [5.74, 6) is 0.425. The molecule has 116 valence electrons. The van der Waals surface area contributed by atoms with Crippen molar-refractivity contribution in [2.24, 2.45) is 0 Å². The molecule has 0 bridgehead atoms. The first kappa shape index (κ1) is 14.2. The minimum Gasteiger partial charge on any atom is -0.373 e. The summed E-state index contributed by atoms with van der Waals surface area (Å²) in [5.41, 5.74) is 3.23. The molecule has 1 N–H and O–H groups in total. The first-order valence-corrected chi connectivity index (χ1v) is 7.63. The van der Waals surface area contributed by atoms with Gasteiger partial charge in [-0.15, -0.1) is 10.2 Å². The molecule has 3 aromatic rings. The van der Waals surface area contributed by atoms with E-state index < -0.39 is 0 Å². The van der Waals surface area contributed by atoms with E-state index in [2.05, 4.69) is 30.6 Å². The molecule has 0 saturated heterocycles. The molecule has 1 aliphatic rings. The summed E-state index contributed by atoms with van der Waals surface area (Å²) in [7, 11) is 0. The van der Waals surface area contributed by atoms with E-state index in [0.29, 0.717) is 29.3 Å². The van der Waals surface area contributed by atoms with Crippen molar-refractivity contribution in [3.63, 3.8) is 0 Å². The minimum atomic E-state index is 0.408. The molecule has 0 amide bonds. The molecule has 4 rings (SSSR count). The van der Waals surface area contributed by atoms with Crippen LogP contribution < -0.4 is 0 Å². The van der Waals surface area contributed by atoms with Crippen LogP contribution in [0.25, 0.3) is 22.8 Å². The molecule has 2 aromatic heterocycles. The normalized spacial score (nSPS) is 14.1. The number of nitrogens with zero attached hydrogens (tertiary/aromatic N) is 5. The number of H-pyrrole nitrogens is 1. The predicted octanol–water partition coefficient (Wildman–Crippen LogP) is 2.66. The monoisotopic (exact) mass is 328 g/mol. The third-order valence-corrected chi connectivity index (χ3v) is 3.94. The molecule has 2 heterocycles. The van der Waals surface area contributed by atoms with Crippen molar-refractivity contribution in [1.82, 2.24) is 30.6 Å². The fraction of sp³-hybridized carbons (Fsp3) is 0.267. The Hall–Kier alpha value is -2.38. The molecule has 0 atom stereocenters. The van der Waals surface area contributed by atoms with E-state index in [4.69, 9.17) is 16.3 Å². The van der Waals surface area contributed by atoms with Crippen molar-refractivity contribution in [2.45, 2.75) is 25.6 Å². The standard InChI is InChI=1S/C15H13ClN6O/c16-12-5-9(1-2-10(12)7-23-11-3-4-11)13-6-14(18-8-17-13)15-19-21-22-20-15/h1-2,5-6,8,11H,3-4,7H2,(H,19,20,21,22). The van der Waals surface area contributed by atoms with Crippen LogP contribution in [0.5, 0.6) is 0 Å². The van der Waals surface area contributed by atoms with Crippen LogP contribution >= 0.6 is 11.6 Å². The Balaban J connectivity index is 1.59. The van der Waals surface area contributed by atoms with Crippen molar-refractivity contribution in [2.75, 3.05) is 0 Å². The van der Waals surface area contributed by atoms with Crippen LogP contribution in [0.15, 0.2) is 30.6 Å². The Labute approximate surface area is 137 Å². The van der Waals surface area contributed by atoms with Gasteiger partial charge in [0.25, 0.3) is 0 Å². The number of nitrogens with one attached hydrogen (secondary N) is 1. The summed E-state index contributed by atoms with van der Waals surface area (Å²) in [6, 6.07) is 7.63. The molecule has 0 spiro atoms. The van der Waals surface area contributed by atoms with Crippen LogP contribution in [-0.2, 0) is 11.3 Å². The fourth-order valence-corrected chi connectivity index (χ4v) is 2.41. The van der Waals surface area contributed by atoms with Gasteiger partial charge >= 0.3 is 0 Å². The second-order valence-corrected chi connectivity index (χ2v) is 5.75. The molecule has 1 aliphatic carbocycles. The topological polar surface area (TPSA) is 89.5 Å². The number of aromatic nitrogens is 6. The summed E-state index contributed by atoms with van der Waals surface area (Å²) in [4.78, 5) is 8.44. The van der Waals surface area contributed by atoms with Crippen molar-refractivity contribution in [1.29, 1.82) is 0 Å². The van der Waals surface area contributed by atoms with Gasteiger partial charge in [0.2, 0.25) is 5.82 Å². The zero-order chi connectivity index (χ0) is 15.6. The van der Waals surface area contributed by atoms with E-state index in [1.807, 2.05) is 18.2 Å². The number of hydrogen-bond donors (Lipinski definition) is 1.